The van der Waals surface area contributed by atoms with Crippen molar-refractivity contribution in [1.82, 2.24) is 4.98 Å². The van der Waals surface area contributed by atoms with Gasteiger partial charge in [0, 0.05) is 6.54 Å². The number of hydrogen-bond donors (Lipinski definition) is 2. The van der Waals surface area contributed by atoms with Crippen LogP contribution in [0, 0.1) is 5.92 Å². The first-order valence-electron chi connectivity index (χ1n) is 8.05. The van der Waals surface area contributed by atoms with Crippen molar-refractivity contribution in [3.63, 3.8) is 0 Å². The number of nitrogens with one attached hydrogen (secondary N) is 1. The lowest BCUT2D eigenvalue weighted by atomic mass is 9.99. The molecular weight excluding hydrogens is 262 g/mol. The summed E-state index contributed by atoms with van der Waals surface area (Å²) in [5, 5.41) is 3.41. The molecule has 0 aliphatic rings. The van der Waals surface area contributed by atoms with Gasteiger partial charge in [0.05, 0.1) is 5.69 Å². The summed E-state index contributed by atoms with van der Waals surface area (Å²) >= 11 is 0. The van der Waals surface area contributed by atoms with Gasteiger partial charge in [0.25, 0.3) is 0 Å². The molecule has 0 saturated carbocycles. The van der Waals surface area contributed by atoms with Crippen molar-refractivity contribution in [1.29, 1.82) is 0 Å². The summed E-state index contributed by atoms with van der Waals surface area (Å²) in [6.07, 6.45) is 4.99. The van der Waals surface area contributed by atoms with Gasteiger partial charge in [-0.3, -0.25) is 0 Å². The minimum Gasteiger partial charge on any atom is -0.470 e. The lowest BCUT2D eigenvalue weighted by Gasteiger charge is -2.22. The summed E-state index contributed by atoms with van der Waals surface area (Å²) in [5.41, 5.74) is 6.21. The zero-order valence-electron chi connectivity index (χ0n) is 14.2. The standard InChI is InChI=1S/C17H31N3O/c1-6-8-9-13(7-2)12-19-15-11-10-14(18)16(20-15)21-17(3,4)5/h10-11,13H,6-9,12,18H2,1-5H3,(H,19,20). The van der Waals surface area contributed by atoms with E-state index in [4.69, 9.17) is 10.5 Å². The molecule has 4 heteroatoms. The van der Waals surface area contributed by atoms with Crippen molar-refractivity contribution in [2.45, 2.75) is 65.9 Å². The molecule has 1 aromatic heterocycles. The third kappa shape index (κ3) is 6.69. The molecule has 0 aliphatic heterocycles. The van der Waals surface area contributed by atoms with Crippen LogP contribution < -0.4 is 15.8 Å². The van der Waals surface area contributed by atoms with E-state index in [1.807, 2.05) is 32.9 Å². The second kappa shape index (κ2) is 8.11. The molecule has 0 saturated heterocycles. The highest BCUT2D eigenvalue weighted by Gasteiger charge is 2.15. The number of anilines is 2. The predicted molar refractivity (Wildman–Crippen MR) is 90.8 cm³/mol. The maximum absolute atomic E-state index is 5.93. The molecule has 0 spiro atoms. The van der Waals surface area contributed by atoms with Crippen LogP contribution >= 0.6 is 0 Å². The predicted octanol–water partition coefficient (Wildman–Crippen LogP) is 4.47. The molecule has 0 amide bonds. The van der Waals surface area contributed by atoms with Crippen molar-refractivity contribution in [3.8, 4) is 5.88 Å². The van der Waals surface area contributed by atoms with Crippen LogP contribution in [0.2, 0.25) is 0 Å². The Labute approximate surface area is 129 Å². The third-order valence-electron chi connectivity index (χ3n) is 3.41. The molecule has 0 aromatic carbocycles. The summed E-state index contributed by atoms with van der Waals surface area (Å²) < 4.78 is 5.80. The maximum atomic E-state index is 5.93. The van der Waals surface area contributed by atoms with Crippen molar-refractivity contribution >= 4 is 11.5 Å². The number of nitrogens with zero attached hydrogens (tertiary/aromatic N) is 1. The van der Waals surface area contributed by atoms with E-state index in [0.29, 0.717) is 17.5 Å². The molecule has 0 fully saturated rings. The minimum absolute atomic E-state index is 0.299. The van der Waals surface area contributed by atoms with Crippen LogP contribution in [-0.4, -0.2) is 17.1 Å². The van der Waals surface area contributed by atoms with E-state index in [2.05, 4.69) is 24.1 Å². The van der Waals surface area contributed by atoms with Crippen molar-refractivity contribution < 1.29 is 4.74 Å². The van der Waals surface area contributed by atoms with E-state index in [1.54, 1.807) is 0 Å². The van der Waals surface area contributed by atoms with Gasteiger partial charge in [-0.25, -0.2) is 0 Å². The molecule has 3 N–H and O–H groups in total. The van der Waals surface area contributed by atoms with E-state index in [-0.39, 0.29) is 5.60 Å². The van der Waals surface area contributed by atoms with E-state index >= 15 is 0 Å². The Kier molecular flexibility index (Phi) is 6.79. The van der Waals surface area contributed by atoms with Gasteiger partial charge in [0.15, 0.2) is 0 Å². The number of nitrogens with two attached hydrogens (primary N) is 1. The van der Waals surface area contributed by atoms with Gasteiger partial charge in [-0.15, -0.1) is 0 Å². The molecule has 1 unspecified atom stereocenters. The van der Waals surface area contributed by atoms with E-state index < -0.39 is 0 Å². The SMILES string of the molecule is CCCCC(CC)CNc1ccc(N)c(OC(C)(C)C)n1. The van der Waals surface area contributed by atoms with Crippen molar-refractivity contribution in [2.75, 3.05) is 17.6 Å². The number of aromatic nitrogens is 1. The Hall–Kier alpha value is -1.45. The van der Waals surface area contributed by atoms with E-state index in [1.165, 1.54) is 25.7 Å². The van der Waals surface area contributed by atoms with Gasteiger partial charge in [-0.1, -0.05) is 33.1 Å². The van der Waals surface area contributed by atoms with Crippen LogP contribution in [0.25, 0.3) is 0 Å². The van der Waals surface area contributed by atoms with Crippen LogP contribution in [0.15, 0.2) is 12.1 Å². The second-order valence-corrected chi connectivity index (χ2v) is 6.60. The highest BCUT2D eigenvalue weighted by molar-refractivity contribution is 5.53. The largest absolute Gasteiger partial charge is 0.470 e. The van der Waals surface area contributed by atoms with Crippen LogP contribution in [0.5, 0.6) is 5.88 Å². The molecule has 1 atom stereocenters. The zero-order chi connectivity index (χ0) is 15.9. The summed E-state index contributed by atoms with van der Waals surface area (Å²) in [4.78, 5) is 4.49. The molecule has 4 nitrogen and oxygen atoms in total. The lowest BCUT2D eigenvalue weighted by molar-refractivity contribution is 0.125. The van der Waals surface area contributed by atoms with Crippen LogP contribution in [0.3, 0.4) is 0 Å². The van der Waals surface area contributed by atoms with Gasteiger partial charge in [-0.05, 0) is 45.2 Å². The highest BCUT2D eigenvalue weighted by atomic mass is 16.5. The fourth-order valence-corrected chi connectivity index (χ4v) is 2.11. The fraction of sp³-hybridized carbons (Fsp3) is 0.706. The third-order valence-corrected chi connectivity index (χ3v) is 3.41. The zero-order valence-corrected chi connectivity index (χ0v) is 14.2. The highest BCUT2D eigenvalue weighted by Crippen LogP contribution is 2.25. The number of hydrogen-bond acceptors (Lipinski definition) is 4. The van der Waals surface area contributed by atoms with E-state index in [0.717, 1.165) is 12.4 Å². The van der Waals surface area contributed by atoms with Gasteiger partial charge in [0.1, 0.15) is 11.4 Å². The molecule has 0 radical (unpaired) electrons. The Morgan fingerprint density at radius 3 is 2.57 bits per heavy atom. The van der Waals surface area contributed by atoms with Crippen LogP contribution in [0.4, 0.5) is 11.5 Å². The Morgan fingerprint density at radius 2 is 2.00 bits per heavy atom. The van der Waals surface area contributed by atoms with Gasteiger partial charge < -0.3 is 15.8 Å². The monoisotopic (exact) mass is 293 g/mol. The Bertz CT molecular complexity index is 427. The first kappa shape index (κ1) is 17.6. The first-order valence-corrected chi connectivity index (χ1v) is 8.05. The summed E-state index contributed by atoms with van der Waals surface area (Å²) in [6.45, 7) is 11.4. The summed E-state index contributed by atoms with van der Waals surface area (Å²) in [6, 6.07) is 3.76. The number of pyridine rings is 1. The maximum Gasteiger partial charge on any atom is 0.239 e. The van der Waals surface area contributed by atoms with Crippen molar-refractivity contribution in [3.05, 3.63) is 12.1 Å². The minimum atomic E-state index is -0.299. The number of unbranched alkanes of at least 4 members (excludes halogenated alkanes) is 1. The fourth-order valence-electron chi connectivity index (χ4n) is 2.11. The average molecular weight is 293 g/mol. The second-order valence-electron chi connectivity index (χ2n) is 6.60. The van der Waals surface area contributed by atoms with E-state index in [9.17, 15) is 0 Å². The topological polar surface area (TPSA) is 60.2 Å². The Balaban J connectivity index is 2.65. The van der Waals surface area contributed by atoms with Gasteiger partial charge in [0.2, 0.25) is 5.88 Å². The summed E-state index contributed by atoms with van der Waals surface area (Å²) in [5.74, 6) is 2.03. The summed E-state index contributed by atoms with van der Waals surface area (Å²) in [7, 11) is 0. The molecule has 1 heterocycles. The molecule has 0 bridgehead atoms. The lowest BCUT2D eigenvalue weighted by Crippen LogP contribution is -2.24. The van der Waals surface area contributed by atoms with Gasteiger partial charge in [-0.2, -0.15) is 4.98 Å². The molecule has 1 rings (SSSR count). The molecular formula is C17H31N3O. The molecule has 1 aromatic rings. The van der Waals surface area contributed by atoms with Gasteiger partial charge >= 0.3 is 0 Å². The van der Waals surface area contributed by atoms with Crippen LogP contribution in [-0.2, 0) is 0 Å². The van der Waals surface area contributed by atoms with Crippen molar-refractivity contribution in [2.24, 2.45) is 5.92 Å². The number of nitrogen functional groups attached to an aromatic ring is 1. The molecule has 120 valence electrons. The normalized spacial score (nSPS) is 13.0. The molecule has 0 aliphatic carbocycles. The average Bonchev–Trinajstić information content (AvgIpc) is 2.41. The number of ether oxygens (including phenoxy) is 1. The Morgan fingerprint density at radius 1 is 1.29 bits per heavy atom. The van der Waals surface area contributed by atoms with Crippen LogP contribution in [0.1, 0.15) is 60.3 Å². The number of rotatable bonds is 8. The first-order chi connectivity index (χ1) is 9.85. The quantitative estimate of drug-likeness (QED) is 0.742. The smallest absolute Gasteiger partial charge is 0.239 e. The molecule has 21 heavy (non-hydrogen) atoms.